The molecule has 2 aliphatic rings. The number of likely N-dealkylation sites (tertiary alicyclic amines) is 1. The first-order valence-electron chi connectivity index (χ1n) is 11.0. The summed E-state index contributed by atoms with van der Waals surface area (Å²) in [4.78, 5) is 24.7. The Hall–Kier alpha value is -3.22. The van der Waals surface area contributed by atoms with E-state index in [0.717, 1.165) is 54.9 Å². The van der Waals surface area contributed by atoms with E-state index < -0.39 is 0 Å². The Bertz CT molecular complexity index is 1100. The van der Waals surface area contributed by atoms with Crippen LogP contribution in [0.4, 0.5) is 0 Å². The van der Waals surface area contributed by atoms with Gasteiger partial charge >= 0.3 is 0 Å². The predicted octanol–water partition coefficient (Wildman–Crippen LogP) is 4.23. The molecule has 1 saturated heterocycles. The lowest BCUT2D eigenvalue weighted by atomic mass is 10.0. The molecular formula is C24H27N5O2. The van der Waals surface area contributed by atoms with Crippen LogP contribution in [0.2, 0.25) is 0 Å². The van der Waals surface area contributed by atoms with Crippen LogP contribution in [0, 0.1) is 0 Å². The molecule has 2 fully saturated rings. The van der Waals surface area contributed by atoms with Crippen molar-refractivity contribution in [1.29, 1.82) is 0 Å². The van der Waals surface area contributed by atoms with E-state index in [2.05, 4.69) is 17.0 Å². The van der Waals surface area contributed by atoms with Gasteiger partial charge in [-0.1, -0.05) is 12.1 Å². The van der Waals surface area contributed by atoms with Gasteiger partial charge < -0.3 is 9.64 Å². The van der Waals surface area contributed by atoms with Crippen molar-refractivity contribution in [3.63, 3.8) is 0 Å². The first kappa shape index (κ1) is 19.7. The Morgan fingerprint density at radius 2 is 1.97 bits per heavy atom. The normalized spacial score (nSPS) is 18.8. The summed E-state index contributed by atoms with van der Waals surface area (Å²) in [5.41, 5.74) is 3.30. The number of benzene rings is 1. The van der Waals surface area contributed by atoms with E-state index in [1.54, 1.807) is 24.2 Å². The second-order valence-electron chi connectivity index (χ2n) is 8.42. The van der Waals surface area contributed by atoms with Gasteiger partial charge in [0.25, 0.3) is 11.9 Å². The molecule has 1 atom stereocenters. The Morgan fingerprint density at radius 3 is 2.74 bits per heavy atom. The van der Waals surface area contributed by atoms with Crippen molar-refractivity contribution in [3.8, 4) is 23.0 Å². The first-order chi connectivity index (χ1) is 15.2. The maximum absolute atomic E-state index is 13.4. The number of ether oxygens (including phenoxy) is 1. The number of amides is 1. The lowest BCUT2D eigenvalue weighted by Gasteiger charge is -2.33. The summed E-state index contributed by atoms with van der Waals surface area (Å²) >= 11 is 0. The van der Waals surface area contributed by atoms with E-state index in [-0.39, 0.29) is 11.9 Å². The van der Waals surface area contributed by atoms with E-state index in [4.69, 9.17) is 9.72 Å². The van der Waals surface area contributed by atoms with Gasteiger partial charge in [0.1, 0.15) is 5.75 Å². The molecule has 0 radical (unpaired) electrons. The van der Waals surface area contributed by atoms with E-state index in [0.29, 0.717) is 17.4 Å². The van der Waals surface area contributed by atoms with Gasteiger partial charge in [-0.2, -0.15) is 5.10 Å². The van der Waals surface area contributed by atoms with Crippen LogP contribution in [0.25, 0.3) is 17.2 Å². The molecular weight excluding hydrogens is 390 g/mol. The Labute approximate surface area is 182 Å². The van der Waals surface area contributed by atoms with Crippen molar-refractivity contribution >= 4 is 5.91 Å². The lowest BCUT2D eigenvalue weighted by Crippen LogP contribution is -2.42. The predicted molar refractivity (Wildman–Crippen MR) is 117 cm³/mol. The van der Waals surface area contributed by atoms with Crippen molar-refractivity contribution in [2.24, 2.45) is 0 Å². The van der Waals surface area contributed by atoms with Gasteiger partial charge in [0.15, 0.2) is 0 Å². The molecule has 1 aliphatic heterocycles. The van der Waals surface area contributed by atoms with Gasteiger partial charge in [0, 0.05) is 30.3 Å². The molecule has 160 valence electrons. The summed E-state index contributed by atoms with van der Waals surface area (Å²) in [6, 6.07) is 9.91. The van der Waals surface area contributed by atoms with Crippen molar-refractivity contribution < 1.29 is 9.53 Å². The largest absolute Gasteiger partial charge is 0.496 e. The number of hydrogen-bond acceptors (Lipinski definition) is 5. The maximum Gasteiger partial charge on any atom is 0.257 e. The van der Waals surface area contributed by atoms with Crippen molar-refractivity contribution in [3.05, 3.63) is 54.0 Å². The summed E-state index contributed by atoms with van der Waals surface area (Å²) in [7, 11) is 1.65. The summed E-state index contributed by atoms with van der Waals surface area (Å²) in [5, 5.41) is 4.58. The van der Waals surface area contributed by atoms with E-state index in [1.807, 2.05) is 35.2 Å². The third kappa shape index (κ3) is 3.69. The lowest BCUT2D eigenvalue weighted by molar-refractivity contribution is 0.0634. The highest BCUT2D eigenvalue weighted by atomic mass is 16.5. The fourth-order valence-corrected chi connectivity index (χ4v) is 4.44. The first-order valence-corrected chi connectivity index (χ1v) is 11.0. The van der Waals surface area contributed by atoms with Crippen LogP contribution < -0.4 is 4.74 Å². The Morgan fingerprint density at radius 1 is 1.13 bits per heavy atom. The van der Waals surface area contributed by atoms with Crippen molar-refractivity contribution in [2.75, 3.05) is 13.7 Å². The zero-order valence-electron chi connectivity index (χ0n) is 18.0. The molecule has 3 heterocycles. The van der Waals surface area contributed by atoms with Gasteiger partial charge in [0.05, 0.1) is 30.3 Å². The number of rotatable bonds is 5. The molecule has 3 aromatic rings. The monoisotopic (exact) mass is 417 g/mol. The fraction of sp³-hybridized carbons (Fsp3) is 0.417. The third-order valence-electron chi connectivity index (χ3n) is 6.28. The summed E-state index contributed by atoms with van der Waals surface area (Å²) in [6.45, 7) is 2.95. The molecule has 0 spiro atoms. The number of hydrogen-bond donors (Lipinski definition) is 0. The zero-order chi connectivity index (χ0) is 21.4. The van der Waals surface area contributed by atoms with Crippen LogP contribution in [-0.4, -0.2) is 50.3 Å². The topological polar surface area (TPSA) is 73.1 Å². The molecule has 1 aliphatic carbocycles. The number of methoxy groups -OCH3 is 1. The number of carbonyl (C=O) groups is 1. The zero-order valence-corrected chi connectivity index (χ0v) is 18.0. The average molecular weight is 418 g/mol. The van der Waals surface area contributed by atoms with E-state index >= 15 is 0 Å². The SMILES string of the molecule is COc1ccccc1-c1ccnc(-n2ncc(C(=O)N3CCCCC3C)c2C2CC2)n1. The van der Waals surface area contributed by atoms with Crippen molar-refractivity contribution in [2.45, 2.75) is 51.0 Å². The summed E-state index contributed by atoms with van der Waals surface area (Å²) in [6.07, 6.45) is 8.87. The van der Waals surface area contributed by atoms with Gasteiger partial charge in [0.2, 0.25) is 0 Å². The van der Waals surface area contributed by atoms with Crippen LogP contribution in [0.1, 0.15) is 61.0 Å². The molecule has 0 N–H and O–H groups in total. The highest BCUT2D eigenvalue weighted by Crippen LogP contribution is 2.43. The highest BCUT2D eigenvalue weighted by Gasteiger charge is 2.36. The van der Waals surface area contributed by atoms with Gasteiger partial charge in [-0.15, -0.1) is 0 Å². The van der Waals surface area contributed by atoms with E-state index in [1.165, 1.54) is 6.42 Å². The average Bonchev–Trinajstić information content (AvgIpc) is 3.56. The maximum atomic E-state index is 13.4. The number of aromatic nitrogens is 4. The molecule has 1 amide bonds. The minimum absolute atomic E-state index is 0.0845. The molecule has 7 nitrogen and oxygen atoms in total. The number of piperidine rings is 1. The van der Waals surface area contributed by atoms with Crippen molar-refractivity contribution in [1.82, 2.24) is 24.6 Å². The van der Waals surface area contributed by atoms with Gasteiger partial charge in [-0.25, -0.2) is 14.6 Å². The van der Waals surface area contributed by atoms with Crippen LogP contribution in [-0.2, 0) is 0 Å². The molecule has 5 rings (SSSR count). The van der Waals surface area contributed by atoms with Gasteiger partial charge in [-0.3, -0.25) is 4.79 Å². The Kier molecular flexibility index (Phi) is 5.18. The quantitative estimate of drug-likeness (QED) is 0.621. The molecule has 1 unspecified atom stereocenters. The summed E-state index contributed by atoms with van der Waals surface area (Å²) in [5.74, 6) is 1.65. The number of carbonyl (C=O) groups excluding carboxylic acids is 1. The minimum atomic E-state index is 0.0845. The molecule has 31 heavy (non-hydrogen) atoms. The molecule has 2 aromatic heterocycles. The fourth-order valence-electron chi connectivity index (χ4n) is 4.44. The molecule has 0 bridgehead atoms. The van der Waals surface area contributed by atoms with Crippen LogP contribution in [0.3, 0.4) is 0 Å². The smallest absolute Gasteiger partial charge is 0.257 e. The second kappa shape index (κ2) is 8.13. The number of nitrogens with zero attached hydrogens (tertiary/aromatic N) is 5. The van der Waals surface area contributed by atoms with Crippen LogP contribution in [0.5, 0.6) is 5.75 Å². The number of para-hydroxylation sites is 1. The molecule has 1 saturated carbocycles. The summed E-state index contributed by atoms with van der Waals surface area (Å²) < 4.78 is 7.26. The van der Waals surface area contributed by atoms with Crippen LogP contribution >= 0.6 is 0 Å². The minimum Gasteiger partial charge on any atom is -0.496 e. The molecule has 7 heteroatoms. The Balaban J connectivity index is 1.54. The van der Waals surface area contributed by atoms with Crippen LogP contribution in [0.15, 0.2) is 42.7 Å². The standard InChI is InChI=1S/C24H27N5O2/c1-16-7-5-6-14-28(16)23(30)19-15-26-29(22(19)17-10-11-17)24-25-13-12-20(27-24)18-8-3-4-9-21(18)31-2/h3-4,8-9,12-13,15-17H,5-7,10-11,14H2,1-2H3. The second-order valence-corrected chi connectivity index (χ2v) is 8.42. The van der Waals surface area contributed by atoms with Gasteiger partial charge in [-0.05, 0) is 57.2 Å². The third-order valence-corrected chi connectivity index (χ3v) is 6.28. The molecule has 1 aromatic carbocycles. The van der Waals surface area contributed by atoms with E-state index in [9.17, 15) is 4.79 Å². The highest BCUT2D eigenvalue weighted by molar-refractivity contribution is 5.96.